The molecule has 8 heteroatoms. The molecule has 2 heterocycles. The zero-order valence-electron chi connectivity index (χ0n) is 21.9. The van der Waals surface area contributed by atoms with E-state index in [9.17, 15) is 14.4 Å². The number of nitrogens with one attached hydrogen (secondary N) is 2. The molecule has 2 aromatic carbocycles. The molecule has 2 N–H and O–H groups in total. The van der Waals surface area contributed by atoms with Crippen LogP contribution in [0.3, 0.4) is 0 Å². The summed E-state index contributed by atoms with van der Waals surface area (Å²) in [6, 6.07) is 14.6. The molecule has 0 bridgehead atoms. The summed E-state index contributed by atoms with van der Waals surface area (Å²) in [7, 11) is 0. The van der Waals surface area contributed by atoms with Crippen molar-refractivity contribution in [1.29, 1.82) is 0 Å². The van der Waals surface area contributed by atoms with Gasteiger partial charge in [0.05, 0.1) is 6.04 Å². The first-order chi connectivity index (χ1) is 18.0. The van der Waals surface area contributed by atoms with E-state index in [1.54, 1.807) is 11.8 Å². The van der Waals surface area contributed by atoms with Gasteiger partial charge in [-0.15, -0.1) is 11.8 Å². The molecule has 2 aliphatic rings. The maximum absolute atomic E-state index is 13.0. The molecule has 2 aliphatic heterocycles. The summed E-state index contributed by atoms with van der Waals surface area (Å²) in [5.41, 5.74) is 4.44. The van der Waals surface area contributed by atoms with Gasteiger partial charge in [0, 0.05) is 62.6 Å². The maximum atomic E-state index is 13.0. The largest absolute Gasteiger partial charge is 0.384 e. The third-order valence-electron chi connectivity index (χ3n) is 7.29. The minimum absolute atomic E-state index is 0.0475. The van der Waals surface area contributed by atoms with E-state index in [-0.39, 0.29) is 23.8 Å². The molecule has 4 rings (SSSR count). The van der Waals surface area contributed by atoms with Crippen LogP contribution in [0.5, 0.6) is 0 Å². The number of carbonyl (C=O) groups excluding carboxylic acids is 3. The lowest BCUT2D eigenvalue weighted by atomic mass is 10.0. The number of hydrogen-bond donors (Lipinski definition) is 2. The number of carbonyl (C=O) groups is 3. The van der Waals surface area contributed by atoms with Crippen molar-refractivity contribution in [2.24, 2.45) is 0 Å². The lowest BCUT2D eigenvalue weighted by Crippen LogP contribution is -2.34. The van der Waals surface area contributed by atoms with Crippen LogP contribution in [-0.2, 0) is 27.3 Å². The molecule has 0 spiro atoms. The normalized spacial score (nSPS) is 17.6. The van der Waals surface area contributed by atoms with Crippen molar-refractivity contribution in [3.8, 4) is 0 Å². The third-order valence-corrected chi connectivity index (χ3v) is 8.10. The number of anilines is 1. The fraction of sp³-hybridized carbons (Fsp3) is 0.483. The molecule has 0 aliphatic carbocycles. The van der Waals surface area contributed by atoms with Gasteiger partial charge in [0.2, 0.25) is 17.7 Å². The van der Waals surface area contributed by atoms with Gasteiger partial charge in [0.25, 0.3) is 0 Å². The molecule has 0 unspecified atom stereocenters. The van der Waals surface area contributed by atoms with Gasteiger partial charge in [-0.2, -0.15) is 0 Å². The number of thioether (sulfide) groups is 1. The van der Waals surface area contributed by atoms with Gasteiger partial charge in [-0.05, 0) is 61.3 Å². The smallest absolute Gasteiger partial charge is 0.224 e. The zero-order chi connectivity index (χ0) is 26.2. The molecule has 3 amide bonds. The average molecular weight is 523 g/mol. The van der Waals surface area contributed by atoms with E-state index in [1.165, 1.54) is 10.5 Å². The van der Waals surface area contributed by atoms with E-state index < -0.39 is 0 Å². The molecule has 0 radical (unpaired) electrons. The second-order valence-corrected chi connectivity index (χ2v) is 10.5. The second-order valence-electron chi connectivity index (χ2n) is 9.66. The van der Waals surface area contributed by atoms with Gasteiger partial charge in [-0.1, -0.05) is 30.3 Å². The van der Waals surface area contributed by atoms with Crippen molar-refractivity contribution in [2.75, 3.05) is 37.8 Å². The Morgan fingerprint density at radius 1 is 1.16 bits per heavy atom. The molecule has 0 saturated carbocycles. The molecule has 1 atom stereocenters. The Labute approximate surface area is 224 Å². The lowest BCUT2D eigenvalue weighted by molar-refractivity contribution is -0.132. The van der Waals surface area contributed by atoms with Gasteiger partial charge < -0.3 is 20.4 Å². The number of aryl methyl sites for hydroxylation is 1. The predicted molar refractivity (Wildman–Crippen MR) is 148 cm³/mol. The maximum Gasteiger partial charge on any atom is 0.224 e. The van der Waals surface area contributed by atoms with E-state index in [1.807, 2.05) is 41.0 Å². The average Bonchev–Trinajstić information content (AvgIpc) is 3.40. The molecular formula is C29H38N4O3S. The number of likely N-dealkylation sites (tertiary alicyclic amines) is 1. The van der Waals surface area contributed by atoms with E-state index >= 15 is 0 Å². The Balaban J connectivity index is 1.25. The number of fused-ring (bicyclic) bond motifs is 1. The number of hydrogen-bond acceptors (Lipinski definition) is 5. The third kappa shape index (κ3) is 6.86. The monoisotopic (exact) mass is 522 g/mol. The van der Waals surface area contributed by atoms with Crippen LogP contribution in [0.25, 0.3) is 0 Å². The SMILES string of the molecule is CCN1Cc2cc(CCC(=O)NCCC(=O)N3CCC[C@@H]3c3ccccc3SC)ccc2NCCC1=O. The van der Waals surface area contributed by atoms with Crippen LogP contribution in [-0.4, -0.2) is 60.0 Å². The Morgan fingerprint density at radius 2 is 2.00 bits per heavy atom. The highest BCUT2D eigenvalue weighted by Gasteiger charge is 2.30. The second kappa shape index (κ2) is 13.0. The van der Waals surface area contributed by atoms with Crippen LogP contribution in [0.2, 0.25) is 0 Å². The molecular weight excluding hydrogens is 484 g/mol. The summed E-state index contributed by atoms with van der Waals surface area (Å²) < 4.78 is 0. The molecule has 0 aromatic heterocycles. The Kier molecular flexibility index (Phi) is 9.50. The van der Waals surface area contributed by atoms with E-state index in [2.05, 4.69) is 35.1 Å². The number of amides is 3. The first kappa shape index (κ1) is 27.0. The highest BCUT2D eigenvalue weighted by Crippen LogP contribution is 2.37. The lowest BCUT2D eigenvalue weighted by Gasteiger charge is -2.26. The van der Waals surface area contributed by atoms with Gasteiger partial charge in [-0.25, -0.2) is 0 Å². The summed E-state index contributed by atoms with van der Waals surface area (Å²) in [4.78, 5) is 42.8. The van der Waals surface area contributed by atoms with Crippen molar-refractivity contribution in [2.45, 2.75) is 62.9 Å². The first-order valence-electron chi connectivity index (χ1n) is 13.3. The Bertz CT molecular complexity index is 1120. The summed E-state index contributed by atoms with van der Waals surface area (Å²) in [6.07, 6.45) is 5.86. The van der Waals surface area contributed by atoms with Crippen molar-refractivity contribution in [1.82, 2.24) is 15.1 Å². The molecule has 1 saturated heterocycles. The van der Waals surface area contributed by atoms with E-state index in [0.717, 1.165) is 36.2 Å². The van der Waals surface area contributed by atoms with Crippen LogP contribution in [0.4, 0.5) is 5.69 Å². The highest BCUT2D eigenvalue weighted by atomic mass is 32.2. The van der Waals surface area contributed by atoms with Gasteiger partial charge in [-0.3, -0.25) is 14.4 Å². The summed E-state index contributed by atoms with van der Waals surface area (Å²) in [6.45, 7) is 5.02. The van der Waals surface area contributed by atoms with Crippen molar-refractivity contribution in [3.05, 3.63) is 59.2 Å². The molecule has 7 nitrogen and oxygen atoms in total. The van der Waals surface area contributed by atoms with Gasteiger partial charge in [0.15, 0.2) is 0 Å². The van der Waals surface area contributed by atoms with Gasteiger partial charge in [0.1, 0.15) is 0 Å². The number of benzene rings is 2. The predicted octanol–water partition coefficient (Wildman–Crippen LogP) is 4.38. The topological polar surface area (TPSA) is 81.8 Å². The van der Waals surface area contributed by atoms with Crippen molar-refractivity contribution in [3.63, 3.8) is 0 Å². The summed E-state index contributed by atoms with van der Waals surface area (Å²) >= 11 is 1.72. The molecule has 198 valence electrons. The Morgan fingerprint density at radius 3 is 2.81 bits per heavy atom. The quantitative estimate of drug-likeness (QED) is 0.478. The number of rotatable bonds is 9. The molecule has 37 heavy (non-hydrogen) atoms. The fourth-order valence-corrected chi connectivity index (χ4v) is 5.93. The van der Waals surface area contributed by atoms with Crippen molar-refractivity contribution >= 4 is 35.2 Å². The standard InChI is InChI=1S/C29H38N4O3S/c1-3-32-20-22-19-21(10-12-24(22)30-16-14-28(32)35)11-13-27(34)31-17-15-29(36)33-18-6-8-25(33)23-7-4-5-9-26(23)37-2/h4-5,7,9-10,12,19,25,30H,3,6,8,11,13-18,20H2,1-2H3,(H,31,34)/t25-/m1/s1. The van der Waals surface area contributed by atoms with E-state index in [0.29, 0.717) is 51.9 Å². The van der Waals surface area contributed by atoms with Crippen LogP contribution >= 0.6 is 11.8 Å². The zero-order valence-corrected chi connectivity index (χ0v) is 22.7. The van der Waals surface area contributed by atoms with Crippen LogP contribution in [0.1, 0.15) is 61.8 Å². The summed E-state index contributed by atoms with van der Waals surface area (Å²) in [5, 5.41) is 6.28. The van der Waals surface area contributed by atoms with Crippen LogP contribution in [0, 0.1) is 0 Å². The Hall–Kier alpha value is -3.00. The van der Waals surface area contributed by atoms with E-state index in [4.69, 9.17) is 0 Å². The number of nitrogens with zero attached hydrogens (tertiary/aromatic N) is 2. The van der Waals surface area contributed by atoms with Crippen LogP contribution < -0.4 is 10.6 Å². The van der Waals surface area contributed by atoms with Crippen molar-refractivity contribution < 1.29 is 14.4 Å². The molecule has 2 aromatic rings. The first-order valence-corrected chi connectivity index (χ1v) is 14.5. The van der Waals surface area contributed by atoms with Gasteiger partial charge >= 0.3 is 0 Å². The fourth-order valence-electron chi connectivity index (χ4n) is 5.28. The van der Waals surface area contributed by atoms with Crippen LogP contribution in [0.15, 0.2) is 47.4 Å². The molecule has 1 fully saturated rings. The minimum atomic E-state index is -0.0475. The highest BCUT2D eigenvalue weighted by molar-refractivity contribution is 7.98. The minimum Gasteiger partial charge on any atom is -0.384 e. The summed E-state index contributed by atoms with van der Waals surface area (Å²) in [5.74, 6) is 0.213.